The van der Waals surface area contributed by atoms with Crippen LogP contribution in [0.3, 0.4) is 0 Å². The molecule has 0 aromatic heterocycles. The Morgan fingerprint density at radius 3 is 2.25 bits per heavy atom. The van der Waals surface area contributed by atoms with Gasteiger partial charge in [0.05, 0.1) is 5.41 Å². The van der Waals surface area contributed by atoms with E-state index < -0.39 is 21.6 Å². The van der Waals surface area contributed by atoms with Crippen molar-refractivity contribution < 1.29 is 18.3 Å². The van der Waals surface area contributed by atoms with Crippen molar-refractivity contribution in [1.82, 2.24) is 8.61 Å². The topological polar surface area (TPSA) is 77.9 Å². The molecule has 1 aliphatic rings. The number of nitrogens with zero attached hydrogens (tertiary/aromatic N) is 2. The highest BCUT2D eigenvalue weighted by Crippen LogP contribution is 2.36. The van der Waals surface area contributed by atoms with Crippen LogP contribution in [0.1, 0.15) is 46.0 Å². The van der Waals surface area contributed by atoms with Gasteiger partial charge >= 0.3 is 5.97 Å². The highest BCUT2D eigenvalue weighted by molar-refractivity contribution is 7.86. The molecular weight excluding hydrogens is 280 g/mol. The fourth-order valence-corrected chi connectivity index (χ4v) is 3.95. The van der Waals surface area contributed by atoms with E-state index in [0.717, 1.165) is 12.8 Å². The molecule has 0 amide bonds. The van der Waals surface area contributed by atoms with Crippen LogP contribution in [0.4, 0.5) is 0 Å². The maximum Gasteiger partial charge on any atom is 0.309 e. The van der Waals surface area contributed by atoms with Gasteiger partial charge in [0, 0.05) is 26.7 Å². The van der Waals surface area contributed by atoms with Crippen LogP contribution in [0.5, 0.6) is 0 Å². The van der Waals surface area contributed by atoms with E-state index in [9.17, 15) is 18.3 Å². The summed E-state index contributed by atoms with van der Waals surface area (Å²) < 4.78 is 27.5. The molecule has 0 unspecified atom stereocenters. The van der Waals surface area contributed by atoms with Crippen molar-refractivity contribution in [2.75, 3.05) is 26.7 Å². The van der Waals surface area contributed by atoms with E-state index in [-0.39, 0.29) is 0 Å². The Bertz CT molecular complexity index is 428. The number of aliphatic carboxylic acids is 1. The lowest BCUT2D eigenvalue weighted by Crippen LogP contribution is -2.50. The monoisotopic (exact) mass is 306 g/mol. The first-order valence-corrected chi connectivity index (χ1v) is 8.64. The minimum absolute atomic E-state index is 0.291. The van der Waals surface area contributed by atoms with Crippen molar-refractivity contribution in [3.05, 3.63) is 0 Å². The number of rotatable bonds is 7. The molecule has 0 aromatic carbocycles. The van der Waals surface area contributed by atoms with Crippen LogP contribution in [-0.4, -0.2) is 54.8 Å². The summed E-state index contributed by atoms with van der Waals surface area (Å²) in [5.74, 6) is -0.809. The minimum atomic E-state index is -3.44. The quantitative estimate of drug-likeness (QED) is 0.774. The Labute approximate surface area is 121 Å². The second-order valence-electron chi connectivity index (χ2n) is 5.52. The molecule has 1 N–H and O–H groups in total. The van der Waals surface area contributed by atoms with E-state index >= 15 is 0 Å². The smallest absolute Gasteiger partial charge is 0.309 e. The van der Waals surface area contributed by atoms with Crippen LogP contribution in [0, 0.1) is 5.41 Å². The van der Waals surface area contributed by atoms with E-state index in [0.29, 0.717) is 38.9 Å². The summed E-state index contributed by atoms with van der Waals surface area (Å²) in [7, 11) is -1.86. The molecular formula is C13H26N2O4S. The van der Waals surface area contributed by atoms with Gasteiger partial charge in [-0.25, -0.2) is 0 Å². The molecule has 0 spiro atoms. The number of hydrogen-bond acceptors (Lipinski definition) is 3. The third-order valence-electron chi connectivity index (χ3n) is 4.36. The van der Waals surface area contributed by atoms with E-state index in [2.05, 4.69) is 0 Å². The van der Waals surface area contributed by atoms with Gasteiger partial charge in [-0.2, -0.15) is 17.0 Å². The van der Waals surface area contributed by atoms with Gasteiger partial charge in [-0.3, -0.25) is 4.79 Å². The molecule has 1 aliphatic heterocycles. The minimum Gasteiger partial charge on any atom is -0.481 e. The molecule has 0 bridgehead atoms. The number of carboxylic acids is 1. The number of hydrogen-bond donors (Lipinski definition) is 1. The Morgan fingerprint density at radius 1 is 1.30 bits per heavy atom. The lowest BCUT2D eigenvalue weighted by molar-refractivity contribution is -0.151. The SMILES string of the molecule is CCCCN(C)S(=O)(=O)N1CCC(CC)(C(=O)O)CC1. The zero-order chi connectivity index (χ0) is 15.4. The molecule has 0 saturated carbocycles. The zero-order valence-corrected chi connectivity index (χ0v) is 13.4. The number of carboxylic acid groups (broad SMARTS) is 1. The van der Waals surface area contributed by atoms with Gasteiger partial charge < -0.3 is 5.11 Å². The Balaban J connectivity index is 2.71. The second-order valence-corrected chi connectivity index (χ2v) is 7.56. The van der Waals surface area contributed by atoms with Crippen LogP contribution in [0.25, 0.3) is 0 Å². The molecule has 7 heteroatoms. The molecule has 0 aliphatic carbocycles. The van der Waals surface area contributed by atoms with Gasteiger partial charge in [-0.1, -0.05) is 20.3 Å². The Kier molecular flexibility index (Phi) is 5.97. The van der Waals surface area contributed by atoms with E-state index in [1.54, 1.807) is 7.05 Å². The van der Waals surface area contributed by atoms with Crippen molar-refractivity contribution in [2.24, 2.45) is 5.41 Å². The van der Waals surface area contributed by atoms with Crippen LogP contribution >= 0.6 is 0 Å². The molecule has 0 radical (unpaired) electrons. The number of carbonyl (C=O) groups is 1. The third kappa shape index (κ3) is 3.51. The van der Waals surface area contributed by atoms with Crippen LogP contribution < -0.4 is 0 Å². The first-order chi connectivity index (χ1) is 9.30. The highest BCUT2D eigenvalue weighted by Gasteiger charge is 2.43. The average Bonchev–Trinajstić information content (AvgIpc) is 2.44. The van der Waals surface area contributed by atoms with Crippen LogP contribution in [0.15, 0.2) is 0 Å². The standard InChI is InChI=1S/C13H26N2O4S/c1-4-6-9-14(3)20(18,19)15-10-7-13(5-2,8-11-15)12(16)17/h4-11H2,1-3H3,(H,16,17). The van der Waals surface area contributed by atoms with E-state index in [1.807, 2.05) is 13.8 Å². The third-order valence-corrected chi connectivity index (χ3v) is 6.34. The normalized spacial score (nSPS) is 20.2. The first kappa shape index (κ1) is 17.4. The van der Waals surface area contributed by atoms with Gasteiger partial charge in [0.1, 0.15) is 0 Å². The molecule has 1 heterocycles. The number of unbranched alkanes of at least 4 members (excludes halogenated alkanes) is 1. The Hall–Kier alpha value is -0.660. The van der Waals surface area contributed by atoms with Crippen LogP contribution in [0.2, 0.25) is 0 Å². The molecule has 1 saturated heterocycles. The van der Waals surface area contributed by atoms with Crippen molar-refractivity contribution in [2.45, 2.75) is 46.0 Å². The number of piperidine rings is 1. The average molecular weight is 306 g/mol. The molecule has 0 aromatic rings. The molecule has 1 fully saturated rings. The lowest BCUT2D eigenvalue weighted by Gasteiger charge is -2.38. The maximum atomic E-state index is 12.4. The van der Waals surface area contributed by atoms with Crippen LogP contribution in [-0.2, 0) is 15.0 Å². The lowest BCUT2D eigenvalue weighted by atomic mass is 9.77. The highest BCUT2D eigenvalue weighted by atomic mass is 32.2. The molecule has 0 atom stereocenters. The van der Waals surface area contributed by atoms with Gasteiger partial charge in [0.15, 0.2) is 0 Å². The fraction of sp³-hybridized carbons (Fsp3) is 0.923. The van der Waals surface area contributed by atoms with Gasteiger partial charge in [0.2, 0.25) is 0 Å². The summed E-state index contributed by atoms with van der Waals surface area (Å²) in [6.45, 7) is 4.96. The zero-order valence-electron chi connectivity index (χ0n) is 12.6. The first-order valence-electron chi connectivity index (χ1n) is 7.25. The molecule has 118 valence electrons. The molecule has 1 rings (SSSR count). The summed E-state index contributed by atoms with van der Waals surface area (Å²) in [5.41, 5.74) is -0.756. The van der Waals surface area contributed by atoms with Gasteiger partial charge in [-0.15, -0.1) is 0 Å². The maximum absolute atomic E-state index is 12.4. The summed E-state index contributed by atoms with van der Waals surface area (Å²) in [5, 5.41) is 9.32. The summed E-state index contributed by atoms with van der Waals surface area (Å²) >= 11 is 0. The van der Waals surface area contributed by atoms with Gasteiger partial charge in [0.25, 0.3) is 10.2 Å². The summed E-state index contributed by atoms with van der Waals surface area (Å²) in [6, 6.07) is 0. The summed E-state index contributed by atoms with van der Waals surface area (Å²) in [6.07, 6.45) is 3.09. The van der Waals surface area contributed by atoms with Crippen molar-refractivity contribution in [1.29, 1.82) is 0 Å². The van der Waals surface area contributed by atoms with Crippen molar-refractivity contribution in [3.63, 3.8) is 0 Å². The fourth-order valence-electron chi connectivity index (χ4n) is 2.56. The van der Waals surface area contributed by atoms with E-state index in [1.165, 1.54) is 8.61 Å². The second kappa shape index (κ2) is 6.87. The van der Waals surface area contributed by atoms with Crippen molar-refractivity contribution in [3.8, 4) is 0 Å². The Morgan fingerprint density at radius 2 is 1.85 bits per heavy atom. The largest absolute Gasteiger partial charge is 0.481 e. The predicted molar refractivity (Wildman–Crippen MR) is 77.6 cm³/mol. The van der Waals surface area contributed by atoms with Gasteiger partial charge in [-0.05, 0) is 25.7 Å². The molecule has 20 heavy (non-hydrogen) atoms. The molecule has 6 nitrogen and oxygen atoms in total. The predicted octanol–water partition coefficient (Wildman–Crippen LogP) is 1.54. The summed E-state index contributed by atoms with van der Waals surface area (Å²) in [4.78, 5) is 11.4. The van der Waals surface area contributed by atoms with E-state index in [4.69, 9.17) is 0 Å². The van der Waals surface area contributed by atoms with Crippen molar-refractivity contribution >= 4 is 16.2 Å².